The smallest absolute Gasteiger partial charge is 0.274 e. The van der Waals surface area contributed by atoms with Gasteiger partial charge >= 0.3 is 0 Å². The minimum atomic E-state index is -0.345. The van der Waals surface area contributed by atoms with Crippen LogP contribution in [0.1, 0.15) is 36.5 Å². The summed E-state index contributed by atoms with van der Waals surface area (Å²) in [7, 11) is 0. The van der Waals surface area contributed by atoms with Crippen molar-refractivity contribution in [3.63, 3.8) is 0 Å². The summed E-state index contributed by atoms with van der Waals surface area (Å²) in [5, 5.41) is 11.7. The molecule has 3 rings (SSSR count). The first-order valence-corrected chi connectivity index (χ1v) is 9.48. The van der Waals surface area contributed by atoms with E-state index in [-0.39, 0.29) is 23.5 Å². The van der Waals surface area contributed by atoms with Gasteiger partial charge in [0.05, 0.1) is 11.4 Å². The van der Waals surface area contributed by atoms with Crippen molar-refractivity contribution in [3.05, 3.63) is 59.9 Å². The molecular formula is C18H19FN6OS. The number of hydrogen-bond donors (Lipinski definition) is 1. The van der Waals surface area contributed by atoms with Crippen LogP contribution in [0.2, 0.25) is 0 Å². The third kappa shape index (κ3) is 4.68. The third-order valence-electron chi connectivity index (χ3n) is 3.92. The van der Waals surface area contributed by atoms with Gasteiger partial charge in [0.1, 0.15) is 5.82 Å². The summed E-state index contributed by atoms with van der Waals surface area (Å²) in [6.07, 6.45) is 4.11. The molecule has 1 atom stereocenters. The molecule has 2 aromatic heterocycles. The summed E-state index contributed by atoms with van der Waals surface area (Å²) in [6.45, 7) is 3.92. The highest BCUT2D eigenvalue weighted by Gasteiger charge is 2.22. The van der Waals surface area contributed by atoms with E-state index in [0.717, 1.165) is 6.42 Å². The zero-order valence-electron chi connectivity index (χ0n) is 15.0. The van der Waals surface area contributed by atoms with Gasteiger partial charge in [-0.15, -0.1) is 5.10 Å². The second-order valence-electron chi connectivity index (χ2n) is 5.88. The van der Waals surface area contributed by atoms with Gasteiger partial charge in [0.15, 0.2) is 10.9 Å². The molecule has 0 spiro atoms. The Hall–Kier alpha value is -2.81. The molecule has 1 aromatic carbocycles. The van der Waals surface area contributed by atoms with E-state index in [1.165, 1.54) is 23.9 Å². The fourth-order valence-electron chi connectivity index (χ4n) is 2.28. The number of carbonyl (C=O) groups is 1. The molecule has 0 saturated carbocycles. The largest absolute Gasteiger partial charge is 0.348 e. The molecule has 0 aliphatic rings. The maximum atomic E-state index is 13.3. The monoisotopic (exact) mass is 386 g/mol. The number of amides is 1. The second kappa shape index (κ2) is 8.72. The topological polar surface area (TPSA) is 85.6 Å². The van der Waals surface area contributed by atoms with Crippen molar-refractivity contribution < 1.29 is 9.18 Å². The van der Waals surface area contributed by atoms with Gasteiger partial charge in [-0.25, -0.2) is 19.0 Å². The number of hydrogen-bond acceptors (Lipinski definition) is 6. The van der Waals surface area contributed by atoms with Crippen LogP contribution in [0.25, 0.3) is 5.69 Å². The highest BCUT2D eigenvalue weighted by atomic mass is 32.2. The van der Waals surface area contributed by atoms with Crippen LogP contribution in [0.15, 0.2) is 47.9 Å². The average Bonchev–Trinajstić information content (AvgIpc) is 3.11. The molecule has 1 unspecified atom stereocenters. The summed E-state index contributed by atoms with van der Waals surface area (Å²) < 4.78 is 14.8. The molecule has 0 saturated heterocycles. The lowest BCUT2D eigenvalue weighted by atomic mass is 10.2. The van der Waals surface area contributed by atoms with Crippen LogP contribution in [0.3, 0.4) is 0 Å². The molecule has 1 N–H and O–H groups in total. The van der Waals surface area contributed by atoms with Gasteiger partial charge in [-0.1, -0.05) is 23.9 Å². The Morgan fingerprint density at radius 1 is 1.26 bits per heavy atom. The summed E-state index contributed by atoms with van der Waals surface area (Å²) in [6, 6.07) is 7.62. The summed E-state index contributed by atoms with van der Waals surface area (Å²) in [5.74, 6) is -0.248. The minimum absolute atomic E-state index is 0.0198. The van der Waals surface area contributed by atoms with E-state index in [0.29, 0.717) is 22.3 Å². The Balaban J connectivity index is 1.93. The van der Waals surface area contributed by atoms with Crippen LogP contribution in [-0.2, 0) is 5.75 Å². The summed E-state index contributed by atoms with van der Waals surface area (Å²) >= 11 is 1.37. The minimum Gasteiger partial charge on any atom is -0.348 e. The number of thioether (sulfide) groups is 1. The highest BCUT2D eigenvalue weighted by molar-refractivity contribution is 7.98. The third-order valence-corrected chi connectivity index (χ3v) is 4.81. The molecule has 9 heteroatoms. The van der Waals surface area contributed by atoms with Gasteiger partial charge in [-0.2, -0.15) is 0 Å². The quantitative estimate of drug-likeness (QED) is 0.496. The molecule has 1 amide bonds. The van der Waals surface area contributed by atoms with Gasteiger partial charge in [-0.05, 0) is 43.7 Å². The lowest BCUT2D eigenvalue weighted by molar-refractivity contribution is 0.0933. The number of aromatic nitrogens is 5. The van der Waals surface area contributed by atoms with Crippen LogP contribution >= 0.6 is 11.8 Å². The number of halogens is 1. The second-order valence-corrected chi connectivity index (χ2v) is 6.82. The lowest BCUT2D eigenvalue weighted by Crippen LogP contribution is -2.32. The van der Waals surface area contributed by atoms with E-state index < -0.39 is 0 Å². The Kier molecular flexibility index (Phi) is 6.12. The number of nitrogens with one attached hydrogen (secondary N) is 1. The van der Waals surface area contributed by atoms with E-state index in [9.17, 15) is 9.18 Å². The van der Waals surface area contributed by atoms with E-state index in [1.54, 1.807) is 35.3 Å². The highest BCUT2D eigenvalue weighted by Crippen LogP contribution is 2.23. The molecule has 0 aliphatic heterocycles. The van der Waals surface area contributed by atoms with Crippen molar-refractivity contribution >= 4 is 17.7 Å². The Morgan fingerprint density at radius 2 is 1.96 bits per heavy atom. The first-order chi connectivity index (χ1) is 13.1. The summed E-state index contributed by atoms with van der Waals surface area (Å²) in [5.41, 5.74) is 1.46. The Morgan fingerprint density at radius 3 is 2.63 bits per heavy atom. The van der Waals surface area contributed by atoms with Crippen molar-refractivity contribution in [1.82, 2.24) is 30.3 Å². The van der Waals surface area contributed by atoms with Crippen LogP contribution in [0, 0.1) is 5.82 Å². The standard InChI is InChI=1S/C18H19FN6OS/c1-3-12(2)22-17(26)16-15(11-27-18-20-9-4-10-21-18)25(24-23-16)14-7-5-13(19)6-8-14/h4-10,12H,3,11H2,1-2H3,(H,22,26). The SMILES string of the molecule is CCC(C)NC(=O)c1nnn(-c2ccc(F)cc2)c1CSc1ncccn1. The van der Waals surface area contributed by atoms with E-state index >= 15 is 0 Å². The fourth-order valence-corrected chi connectivity index (χ4v) is 3.08. The van der Waals surface area contributed by atoms with Crippen molar-refractivity contribution in [1.29, 1.82) is 0 Å². The molecule has 3 aromatic rings. The molecule has 140 valence electrons. The molecular weight excluding hydrogens is 367 g/mol. The average molecular weight is 386 g/mol. The number of rotatable bonds is 7. The molecule has 0 bridgehead atoms. The van der Waals surface area contributed by atoms with Crippen molar-refractivity contribution in [3.8, 4) is 5.69 Å². The number of benzene rings is 1. The molecule has 0 fully saturated rings. The molecule has 0 aliphatic carbocycles. The van der Waals surface area contributed by atoms with Crippen LogP contribution in [0.4, 0.5) is 4.39 Å². The normalized spacial score (nSPS) is 12.0. The maximum absolute atomic E-state index is 13.3. The maximum Gasteiger partial charge on any atom is 0.274 e. The van der Waals surface area contributed by atoms with Gasteiger partial charge in [0, 0.05) is 24.2 Å². The summed E-state index contributed by atoms with van der Waals surface area (Å²) in [4.78, 5) is 21.0. The van der Waals surface area contributed by atoms with Gasteiger partial charge in [0.25, 0.3) is 5.91 Å². The zero-order valence-corrected chi connectivity index (χ0v) is 15.8. The predicted octanol–water partition coefficient (Wildman–Crippen LogP) is 3.02. The van der Waals surface area contributed by atoms with Crippen molar-refractivity contribution in [2.24, 2.45) is 0 Å². The van der Waals surface area contributed by atoms with Crippen LogP contribution in [-0.4, -0.2) is 36.9 Å². The van der Waals surface area contributed by atoms with E-state index in [4.69, 9.17) is 0 Å². The van der Waals surface area contributed by atoms with Crippen LogP contribution < -0.4 is 5.32 Å². The zero-order chi connectivity index (χ0) is 19.2. The van der Waals surface area contributed by atoms with E-state index in [2.05, 4.69) is 25.6 Å². The molecule has 2 heterocycles. The van der Waals surface area contributed by atoms with Gasteiger partial charge < -0.3 is 5.32 Å². The Bertz CT molecular complexity index is 900. The first-order valence-electron chi connectivity index (χ1n) is 8.49. The number of carbonyl (C=O) groups excluding carboxylic acids is 1. The molecule has 7 nitrogen and oxygen atoms in total. The van der Waals surface area contributed by atoms with Gasteiger partial charge in [0.2, 0.25) is 0 Å². The van der Waals surface area contributed by atoms with Gasteiger partial charge in [-0.3, -0.25) is 4.79 Å². The van der Waals surface area contributed by atoms with Crippen molar-refractivity contribution in [2.75, 3.05) is 0 Å². The molecule has 27 heavy (non-hydrogen) atoms. The van der Waals surface area contributed by atoms with Crippen molar-refractivity contribution in [2.45, 2.75) is 37.2 Å². The predicted molar refractivity (Wildman–Crippen MR) is 100 cm³/mol. The molecule has 0 radical (unpaired) electrons. The fraction of sp³-hybridized carbons (Fsp3) is 0.278. The van der Waals surface area contributed by atoms with Crippen LogP contribution in [0.5, 0.6) is 0 Å². The lowest BCUT2D eigenvalue weighted by Gasteiger charge is -2.11. The first kappa shape index (κ1) is 19.0. The number of nitrogens with zero attached hydrogens (tertiary/aromatic N) is 5. The Labute approximate surface area is 160 Å². The van der Waals surface area contributed by atoms with E-state index in [1.807, 2.05) is 13.8 Å².